The van der Waals surface area contributed by atoms with Gasteiger partial charge in [0.05, 0.1) is 16.6 Å². The number of hydrogen-bond acceptors (Lipinski definition) is 5. The summed E-state index contributed by atoms with van der Waals surface area (Å²) in [6.07, 6.45) is 4.16. The van der Waals surface area contributed by atoms with Crippen LogP contribution in [0.1, 0.15) is 42.4 Å². The maximum atomic E-state index is 14.5. The molecule has 0 saturated carbocycles. The van der Waals surface area contributed by atoms with Crippen LogP contribution in [0.3, 0.4) is 0 Å². The van der Waals surface area contributed by atoms with Crippen molar-refractivity contribution >= 4 is 35.0 Å². The van der Waals surface area contributed by atoms with Gasteiger partial charge in [0.15, 0.2) is 5.82 Å². The zero-order valence-electron chi connectivity index (χ0n) is 17.5. The number of hydrogen-bond donors (Lipinski definition) is 2. The highest BCUT2D eigenvalue weighted by molar-refractivity contribution is 8.00. The highest BCUT2D eigenvalue weighted by Crippen LogP contribution is 2.36. The predicted molar refractivity (Wildman–Crippen MR) is 121 cm³/mol. The minimum absolute atomic E-state index is 0.0724. The van der Waals surface area contributed by atoms with E-state index in [9.17, 15) is 14.0 Å². The van der Waals surface area contributed by atoms with Gasteiger partial charge in [0.1, 0.15) is 11.6 Å². The van der Waals surface area contributed by atoms with E-state index >= 15 is 0 Å². The molecule has 1 unspecified atom stereocenters. The molecule has 0 radical (unpaired) electrons. The first kappa shape index (κ1) is 20.7. The monoisotopic (exact) mass is 451 g/mol. The SMILES string of the molecule is CC1Sc2ccc(C(=O)Nc3cc(-c4nnc5n4CCCCC5)ccc3F)cc2NC1=O. The van der Waals surface area contributed by atoms with Crippen molar-refractivity contribution < 1.29 is 14.0 Å². The van der Waals surface area contributed by atoms with Gasteiger partial charge in [-0.1, -0.05) is 6.42 Å². The van der Waals surface area contributed by atoms with Gasteiger partial charge in [-0.2, -0.15) is 0 Å². The quantitative estimate of drug-likeness (QED) is 0.612. The third-order valence-corrected chi connectivity index (χ3v) is 6.93. The van der Waals surface area contributed by atoms with Gasteiger partial charge >= 0.3 is 0 Å². The maximum Gasteiger partial charge on any atom is 0.255 e. The average molecular weight is 452 g/mol. The first-order valence-electron chi connectivity index (χ1n) is 10.6. The number of carbonyl (C=O) groups excluding carboxylic acids is 2. The standard InChI is InChI=1S/C23H22FN5O2S/c1-13-22(30)26-18-12-15(7-9-19(18)32-13)23(31)25-17-11-14(6-8-16(17)24)21-28-27-20-5-3-2-4-10-29(20)21/h6-9,11-13H,2-5,10H2,1H3,(H,25,31)(H,26,30). The Balaban J connectivity index is 1.41. The van der Waals surface area contributed by atoms with Crippen LogP contribution >= 0.6 is 11.8 Å². The Kier molecular flexibility index (Phi) is 5.42. The normalized spacial score (nSPS) is 17.7. The summed E-state index contributed by atoms with van der Waals surface area (Å²) in [6, 6.07) is 9.65. The molecule has 2 aliphatic rings. The molecule has 32 heavy (non-hydrogen) atoms. The third kappa shape index (κ3) is 3.88. The van der Waals surface area contributed by atoms with E-state index in [1.165, 1.54) is 17.8 Å². The number of halogens is 1. The molecule has 2 N–H and O–H groups in total. The lowest BCUT2D eigenvalue weighted by Crippen LogP contribution is -2.26. The van der Waals surface area contributed by atoms with Crippen molar-refractivity contribution in [2.75, 3.05) is 10.6 Å². The van der Waals surface area contributed by atoms with E-state index in [1.807, 2.05) is 6.92 Å². The fourth-order valence-electron chi connectivity index (χ4n) is 4.00. The minimum Gasteiger partial charge on any atom is -0.324 e. The molecule has 1 aromatic heterocycles. The molecule has 1 atom stereocenters. The summed E-state index contributed by atoms with van der Waals surface area (Å²) in [7, 11) is 0. The Morgan fingerprint density at radius 3 is 2.94 bits per heavy atom. The molecule has 3 aromatic rings. The average Bonchev–Trinajstić information content (AvgIpc) is 3.03. The summed E-state index contributed by atoms with van der Waals surface area (Å²) in [5.74, 6) is 0.525. The van der Waals surface area contributed by atoms with Crippen LogP contribution in [0.5, 0.6) is 0 Å². The molecule has 2 aliphatic heterocycles. The third-order valence-electron chi connectivity index (χ3n) is 5.75. The Morgan fingerprint density at radius 1 is 1.19 bits per heavy atom. The van der Waals surface area contributed by atoms with E-state index < -0.39 is 11.7 Å². The van der Waals surface area contributed by atoms with E-state index in [0.29, 0.717) is 22.6 Å². The summed E-state index contributed by atoms with van der Waals surface area (Å²) in [6.45, 7) is 2.65. The van der Waals surface area contributed by atoms with Gasteiger partial charge in [-0.25, -0.2) is 4.39 Å². The summed E-state index contributed by atoms with van der Waals surface area (Å²) < 4.78 is 16.6. The van der Waals surface area contributed by atoms with Gasteiger partial charge in [-0.15, -0.1) is 22.0 Å². The lowest BCUT2D eigenvalue weighted by molar-refractivity contribution is -0.115. The van der Waals surface area contributed by atoms with Crippen LogP contribution in [0, 0.1) is 5.82 Å². The number of rotatable bonds is 3. The van der Waals surface area contributed by atoms with Gasteiger partial charge in [-0.3, -0.25) is 9.59 Å². The van der Waals surface area contributed by atoms with Gasteiger partial charge in [0.2, 0.25) is 5.91 Å². The molecule has 2 amide bonds. The number of amides is 2. The molecule has 9 heteroatoms. The van der Waals surface area contributed by atoms with E-state index in [4.69, 9.17) is 0 Å². The number of thioether (sulfide) groups is 1. The van der Waals surface area contributed by atoms with Gasteiger partial charge in [-0.05, 0) is 56.2 Å². The molecule has 0 fully saturated rings. The molecule has 5 rings (SSSR count). The molecule has 0 aliphatic carbocycles. The Labute approximate surface area is 188 Å². The van der Waals surface area contributed by atoms with Crippen molar-refractivity contribution in [3.63, 3.8) is 0 Å². The number of fused-ring (bicyclic) bond motifs is 2. The molecule has 164 valence electrons. The van der Waals surface area contributed by atoms with Gasteiger partial charge < -0.3 is 15.2 Å². The summed E-state index contributed by atoms with van der Waals surface area (Å²) >= 11 is 1.44. The molecular formula is C23H22FN5O2S. The topological polar surface area (TPSA) is 88.9 Å². The van der Waals surface area contributed by atoms with E-state index in [1.54, 1.807) is 30.3 Å². The number of nitrogens with zero attached hydrogens (tertiary/aromatic N) is 3. The second-order valence-corrected chi connectivity index (χ2v) is 9.39. The van der Waals surface area contributed by atoms with Gasteiger partial charge in [0, 0.05) is 29.0 Å². The van der Waals surface area contributed by atoms with Crippen LogP contribution < -0.4 is 10.6 Å². The van der Waals surface area contributed by atoms with Crippen LogP contribution in [0.15, 0.2) is 41.3 Å². The largest absolute Gasteiger partial charge is 0.324 e. The van der Waals surface area contributed by atoms with Crippen molar-refractivity contribution in [1.29, 1.82) is 0 Å². The van der Waals surface area contributed by atoms with Gasteiger partial charge in [0.25, 0.3) is 5.91 Å². The Hall–Kier alpha value is -3.20. The van der Waals surface area contributed by atoms with Crippen molar-refractivity contribution in [2.24, 2.45) is 0 Å². The molecule has 2 aromatic carbocycles. The molecule has 7 nitrogen and oxygen atoms in total. The number of carbonyl (C=O) groups is 2. The van der Waals surface area contributed by atoms with Crippen LogP contribution in [0.4, 0.5) is 15.8 Å². The molecule has 0 spiro atoms. The summed E-state index contributed by atoms with van der Waals surface area (Å²) in [4.78, 5) is 25.7. The Bertz CT molecular complexity index is 1230. The minimum atomic E-state index is -0.534. The van der Waals surface area contributed by atoms with Crippen LogP contribution in [0.2, 0.25) is 0 Å². The number of aromatic nitrogens is 3. The van der Waals surface area contributed by atoms with Crippen LogP contribution in [-0.2, 0) is 17.8 Å². The Morgan fingerprint density at radius 2 is 2.06 bits per heavy atom. The number of nitrogens with one attached hydrogen (secondary N) is 2. The predicted octanol–water partition coefficient (Wildman–Crippen LogP) is 4.50. The number of benzene rings is 2. The van der Waals surface area contributed by atoms with Crippen molar-refractivity contribution in [3.05, 3.63) is 53.6 Å². The lowest BCUT2D eigenvalue weighted by atomic mass is 10.1. The van der Waals surface area contributed by atoms with Crippen LogP contribution in [0.25, 0.3) is 11.4 Å². The first-order chi connectivity index (χ1) is 15.5. The smallest absolute Gasteiger partial charge is 0.255 e. The second-order valence-electron chi connectivity index (χ2n) is 8.01. The fraction of sp³-hybridized carbons (Fsp3) is 0.304. The zero-order chi connectivity index (χ0) is 22.2. The van der Waals surface area contributed by atoms with Crippen molar-refractivity contribution in [2.45, 2.75) is 49.3 Å². The highest BCUT2D eigenvalue weighted by atomic mass is 32.2. The fourth-order valence-corrected chi connectivity index (χ4v) is 4.93. The molecule has 3 heterocycles. The summed E-state index contributed by atoms with van der Waals surface area (Å²) in [5.41, 5.74) is 1.69. The lowest BCUT2D eigenvalue weighted by Gasteiger charge is -2.21. The number of anilines is 2. The van der Waals surface area contributed by atoms with Crippen LogP contribution in [-0.4, -0.2) is 31.8 Å². The van der Waals surface area contributed by atoms with E-state index in [-0.39, 0.29) is 16.8 Å². The molecule has 0 bridgehead atoms. The van der Waals surface area contributed by atoms with Crippen molar-refractivity contribution in [1.82, 2.24) is 14.8 Å². The number of aryl methyl sites for hydroxylation is 1. The van der Waals surface area contributed by atoms with E-state index in [0.717, 1.165) is 42.9 Å². The van der Waals surface area contributed by atoms with Crippen molar-refractivity contribution in [3.8, 4) is 11.4 Å². The summed E-state index contributed by atoms with van der Waals surface area (Å²) in [5, 5.41) is 13.9. The highest BCUT2D eigenvalue weighted by Gasteiger charge is 2.24. The maximum absolute atomic E-state index is 14.5. The molecule has 0 saturated heterocycles. The first-order valence-corrected chi connectivity index (χ1v) is 11.5. The zero-order valence-corrected chi connectivity index (χ0v) is 18.3. The second kappa shape index (κ2) is 8.38. The molecular weight excluding hydrogens is 429 g/mol. The van der Waals surface area contributed by atoms with E-state index in [2.05, 4.69) is 25.4 Å².